The molecule has 3 unspecified atom stereocenters. The van der Waals surface area contributed by atoms with Crippen molar-refractivity contribution < 1.29 is 9.59 Å². The van der Waals surface area contributed by atoms with Crippen LogP contribution in [0.3, 0.4) is 0 Å². The predicted octanol–water partition coefficient (Wildman–Crippen LogP) is 1.97. The van der Waals surface area contributed by atoms with Gasteiger partial charge in [-0.2, -0.15) is 0 Å². The van der Waals surface area contributed by atoms with E-state index in [4.69, 9.17) is 0 Å². The van der Waals surface area contributed by atoms with Crippen LogP contribution in [-0.4, -0.2) is 23.3 Å². The molecule has 1 aromatic heterocycles. The SMILES string of the molecule is O=C1NCCCc2nc(NC(=O)C3CC4C=CC3C4)sc21. The first kappa shape index (κ1) is 13.0. The number of aryl methyl sites for hydroxylation is 1. The smallest absolute Gasteiger partial charge is 0.263 e. The fraction of sp³-hybridized carbons (Fsp3) is 0.533. The molecule has 21 heavy (non-hydrogen) atoms. The normalized spacial score (nSPS) is 29.9. The highest BCUT2D eigenvalue weighted by molar-refractivity contribution is 7.17. The minimum atomic E-state index is -0.0663. The Labute approximate surface area is 126 Å². The fourth-order valence-electron chi connectivity index (χ4n) is 3.57. The second-order valence-electron chi connectivity index (χ2n) is 6.03. The second kappa shape index (κ2) is 4.94. The highest BCUT2D eigenvalue weighted by Crippen LogP contribution is 2.44. The maximum atomic E-state index is 12.4. The first-order valence-electron chi connectivity index (χ1n) is 7.48. The van der Waals surface area contributed by atoms with E-state index in [1.54, 1.807) is 0 Å². The van der Waals surface area contributed by atoms with Crippen LogP contribution in [0.25, 0.3) is 0 Å². The molecule has 2 heterocycles. The average molecular weight is 303 g/mol. The molecule has 2 bridgehead atoms. The lowest BCUT2D eigenvalue weighted by Gasteiger charge is -2.16. The molecule has 1 aromatic rings. The molecule has 1 fully saturated rings. The van der Waals surface area contributed by atoms with Gasteiger partial charge in [-0.3, -0.25) is 9.59 Å². The molecule has 3 aliphatic rings. The summed E-state index contributed by atoms with van der Waals surface area (Å²) >= 11 is 1.29. The minimum absolute atomic E-state index is 0.0520. The molecule has 2 N–H and O–H groups in total. The zero-order chi connectivity index (χ0) is 14.4. The molecule has 3 atom stereocenters. The van der Waals surface area contributed by atoms with Crippen LogP contribution in [0.15, 0.2) is 12.2 Å². The van der Waals surface area contributed by atoms with Gasteiger partial charge in [-0.1, -0.05) is 23.5 Å². The van der Waals surface area contributed by atoms with Crippen molar-refractivity contribution in [1.82, 2.24) is 10.3 Å². The number of rotatable bonds is 2. The Morgan fingerprint density at radius 2 is 2.29 bits per heavy atom. The van der Waals surface area contributed by atoms with E-state index in [1.165, 1.54) is 11.3 Å². The fourth-order valence-corrected chi connectivity index (χ4v) is 4.50. The van der Waals surface area contributed by atoms with Crippen molar-refractivity contribution in [1.29, 1.82) is 0 Å². The van der Waals surface area contributed by atoms with Crippen molar-refractivity contribution in [3.8, 4) is 0 Å². The molecule has 0 aromatic carbocycles. The van der Waals surface area contributed by atoms with Crippen LogP contribution in [0, 0.1) is 17.8 Å². The quantitative estimate of drug-likeness (QED) is 0.821. The monoisotopic (exact) mass is 303 g/mol. The molecule has 0 radical (unpaired) electrons. The van der Waals surface area contributed by atoms with E-state index in [0.717, 1.165) is 31.4 Å². The number of aromatic nitrogens is 1. The van der Waals surface area contributed by atoms with Crippen LogP contribution in [0.2, 0.25) is 0 Å². The van der Waals surface area contributed by atoms with Crippen LogP contribution in [0.4, 0.5) is 5.13 Å². The lowest BCUT2D eigenvalue weighted by atomic mass is 9.93. The number of hydrogen-bond acceptors (Lipinski definition) is 4. The van der Waals surface area contributed by atoms with Gasteiger partial charge in [-0.25, -0.2) is 4.98 Å². The van der Waals surface area contributed by atoms with Gasteiger partial charge in [0.2, 0.25) is 5.91 Å². The zero-order valence-corrected chi connectivity index (χ0v) is 12.4. The number of hydrogen-bond donors (Lipinski definition) is 2. The van der Waals surface area contributed by atoms with Gasteiger partial charge in [0.25, 0.3) is 5.91 Å². The van der Waals surface area contributed by atoms with Crippen LogP contribution >= 0.6 is 11.3 Å². The maximum Gasteiger partial charge on any atom is 0.263 e. The molecule has 4 rings (SSSR count). The van der Waals surface area contributed by atoms with E-state index in [2.05, 4.69) is 27.8 Å². The largest absolute Gasteiger partial charge is 0.351 e. The molecule has 2 amide bonds. The third-order valence-electron chi connectivity index (χ3n) is 4.63. The van der Waals surface area contributed by atoms with E-state index in [9.17, 15) is 9.59 Å². The lowest BCUT2D eigenvalue weighted by Crippen LogP contribution is -2.25. The van der Waals surface area contributed by atoms with Gasteiger partial charge in [0.05, 0.1) is 5.69 Å². The molecule has 0 spiro atoms. The molecule has 2 aliphatic carbocycles. The van der Waals surface area contributed by atoms with Gasteiger partial charge in [0.1, 0.15) is 4.88 Å². The standard InChI is InChI=1S/C15H17N3O2S/c19-13(10-7-8-3-4-9(10)6-8)18-15-17-11-2-1-5-16-14(20)12(11)21-15/h3-4,8-10H,1-2,5-7H2,(H,16,20)(H,17,18,19). The van der Waals surface area contributed by atoms with Gasteiger partial charge in [-0.15, -0.1) is 0 Å². The van der Waals surface area contributed by atoms with E-state index >= 15 is 0 Å². The topological polar surface area (TPSA) is 71.1 Å². The number of fused-ring (bicyclic) bond motifs is 3. The Morgan fingerprint density at radius 1 is 1.38 bits per heavy atom. The van der Waals surface area contributed by atoms with Gasteiger partial charge in [0, 0.05) is 12.5 Å². The van der Waals surface area contributed by atoms with Crippen molar-refractivity contribution in [3.63, 3.8) is 0 Å². The minimum Gasteiger partial charge on any atom is -0.351 e. The second-order valence-corrected chi connectivity index (χ2v) is 7.03. The molecule has 6 heteroatoms. The number of amides is 2. The van der Waals surface area contributed by atoms with E-state index in [0.29, 0.717) is 28.4 Å². The Morgan fingerprint density at radius 3 is 3.05 bits per heavy atom. The van der Waals surface area contributed by atoms with Crippen LogP contribution in [-0.2, 0) is 11.2 Å². The summed E-state index contributed by atoms with van der Waals surface area (Å²) in [7, 11) is 0. The van der Waals surface area contributed by atoms with Crippen molar-refractivity contribution >= 4 is 28.3 Å². The lowest BCUT2D eigenvalue weighted by molar-refractivity contribution is -0.120. The number of nitrogens with zero attached hydrogens (tertiary/aromatic N) is 1. The van der Waals surface area contributed by atoms with E-state index < -0.39 is 0 Å². The Kier molecular flexibility index (Phi) is 3.06. The summed E-state index contributed by atoms with van der Waals surface area (Å²) < 4.78 is 0. The maximum absolute atomic E-state index is 12.4. The molecule has 0 saturated heterocycles. The van der Waals surface area contributed by atoms with Gasteiger partial charge < -0.3 is 10.6 Å². The first-order chi connectivity index (χ1) is 10.2. The highest BCUT2D eigenvalue weighted by Gasteiger charge is 2.40. The number of carbonyl (C=O) groups excluding carboxylic acids is 2. The summed E-state index contributed by atoms with van der Waals surface area (Å²) in [5, 5.41) is 6.34. The average Bonchev–Trinajstić information content (AvgIpc) is 3.16. The zero-order valence-electron chi connectivity index (χ0n) is 11.6. The van der Waals surface area contributed by atoms with Gasteiger partial charge in [0.15, 0.2) is 5.13 Å². The van der Waals surface area contributed by atoms with Crippen molar-refractivity contribution in [2.24, 2.45) is 17.8 Å². The first-order valence-corrected chi connectivity index (χ1v) is 8.29. The summed E-state index contributed by atoms with van der Waals surface area (Å²) in [5.74, 6) is 1.01. The summed E-state index contributed by atoms with van der Waals surface area (Å²) in [4.78, 5) is 29.4. The third kappa shape index (κ3) is 2.27. The Balaban J connectivity index is 1.50. The molecular weight excluding hydrogens is 286 g/mol. The van der Waals surface area contributed by atoms with Crippen LogP contribution < -0.4 is 10.6 Å². The van der Waals surface area contributed by atoms with E-state index in [-0.39, 0.29) is 17.7 Å². The number of nitrogens with one attached hydrogen (secondary N) is 2. The van der Waals surface area contributed by atoms with Gasteiger partial charge in [-0.05, 0) is 37.5 Å². The molecule has 1 saturated carbocycles. The summed E-state index contributed by atoms with van der Waals surface area (Å²) in [6, 6.07) is 0. The van der Waals surface area contributed by atoms with Crippen LogP contribution in [0.5, 0.6) is 0 Å². The van der Waals surface area contributed by atoms with Crippen LogP contribution in [0.1, 0.15) is 34.6 Å². The molecule has 110 valence electrons. The van der Waals surface area contributed by atoms with Gasteiger partial charge >= 0.3 is 0 Å². The summed E-state index contributed by atoms with van der Waals surface area (Å²) in [6.45, 7) is 0.696. The molecule has 5 nitrogen and oxygen atoms in total. The number of anilines is 1. The number of allylic oxidation sites excluding steroid dienone is 2. The van der Waals surface area contributed by atoms with E-state index in [1.807, 2.05) is 0 Å². The Bertz CT molecular complexity index is 637. The summed E-state index contributed by atoms with van der Waals surface area (Å²) in [6.07, 6.45) is 8.13. The van der Waals surface area contributed by atoms with Crippen molar-refractivity contribution in [2.75, 3.05) is 11.9 Å². The predicted molar refractivity (Wildman–Crippen MR) is 80.2 cm³/mol. The molecule has 1 aliphatic heterocycles. The number of thiazole rings is 1. The third-order valence-corrected chi connectivity index (χ3v) is 5.64. The molecular formula is C15H17N3O2S. The van der Waals surface area contributed by atoms with Crippen molar-refractivity contribution in [2.45, 2.75) is 25.7 Å². The van der Waals surface area contributed by atoms with Crippen molar-refractivity contribution in [3.05, 3.63) is 22.7 Å². The highest BCUT2D eigenvalue weighted by atomic mass is 32.1. The summed E-state index contributed by atoms with van der Waals surface area (Å²) in [5.41, 5.74) is 0.818. The number of carbonyl (C=O) groups is 2. The Hall–Kier alpha value is -1.69.